The van der Waals surface area contributed by atoms with E-state index in [0.717, 1.165) is 11.8 Å². The van der Waals surface area contributed by atoms with Crippen molar-refractivity contribution >= 4 is 5.78 Å². The molecule has 1 nitrogen and oxygen atoms in total. The molecule has 0 aromatic carbocycles. The van der Waals surface area contributed by atoms with E-state index in [4.69, 9.17) is 0 Å². The highest BCUT2D eigenvalue weighted by Crippen LogP contribution is 2.65. The monoisotopic (exact) mass is 356 g/mol. The highest BCUT2D eigenvalue weighted by atomic mass is 16.1. The van der Waals surface area contributed by atoms with Gasteiger partial charge in [0.05, 0.1) is 0 Å². The topological polar surface area (TPSA) is 17.1 Å². The predicted octanol–water partition coefficient (Wildman–Crippen LogP) is 6.96. The maximum atomic E-state index is 13.0. The quantitative estimate of drug-likeness (QED) is 0.458. The molecule has 0 heterocycles. The molecule has 0 N–H and O–H groups in total. The van der Waals surface area contributed by atoms with Crippen LogP contribution in [0.15, 0.2) is 11.6 Å². The maximum Gasteiger partial charge on any atom is 0.159 e. The molecule has 5 aliphatic carbocycles. The minimum Gasteiger partial charge on any atom is -0.295 e. The van der Waals surface area contributed by atoms with Gasteiger partial charge in [0.2, 0.25) is 0 Å². The van der Waals surface area contributed by atoms with Crippen LogP contribution in [0, 0.1) is 40.4 Å². The summed E-state index contributed by atoms with van der Waals surface area (Å²) in [6.45, 7) is 9.77. The number of ketones is 1. The second-order valence-corrected chi connectivity index (χ2v) is 11.0. The summed E-state index contributed by atoms with van der Waals surface area (Å²) in [6, 6.07) is 0. The molecule has 5 aliphatic rings. The predicted molar refractivity (Wildman–Crippen MR) is 109 cm³/mol. The highest BCUT2D eigenvalue weighted by Gasteiger charge is 2.59. The van der Waals surface area contributed by atoms with Crippen molar-refractivity contribution in [3.8, 4) is 0 Å². The third-order valence-electron chi connectivity index (χ3n) is 9.67. The Kier molecular flexibility index (Phi) is 4.89. The molecule has 0 aromatic heterocycles. The number of hydrogen-bond donors (Lipinski definition) is 0. The van der Waals surface area contributed by atoms with Gasteiger partial charge in [0, 0.05) is 5.92 Å². The van der Waals surface area contributed by atoms with Crippen LogP contribution in [0.25, 0.3) is 0 Å². The number of carbonyl (C=O) groups excluding carboxylic acids is 1. The van der Waals surface area contributed by atoms with Gasteiger partial charge >= 0.3 is 0 Å². The standard InChI is InChI=1S/C21H32O.C4H8/c1-13-7-9-21(4)15(11-13)12-18(22)19-16-6-5-14(2)20(16,3)10-8-17(19)21;1-2-4-3-1/h12-14,16-17,19H,5-11H2,1-4H3;1-4H2. The van der Waals surface area contributed by atoms with Gasteiger partial charge in [-0.05, 0) is 85.5 Å². The summed E-state index contributed by atoms with van der Waals surface area (Å²) in [5.41, 5.74) is 2.27. The summed E-state index contributed by atoms with van der Waals surface area (Å²) in [6.07, 6.45) is 17.2. The minimum atomic E-state index is 0.332. The van der Waals surface area contributed by atoms with Crippen molar-refractivity contribution < 1.29 is 4.79 Å². The molecule has 4 fully saturated rings. The molecule has 5 rings (SSSR count). The zero-order valence-corrected chi connectivity index (χ0v) is 17.7. The summed E-state index contributed by atoms with van der Waals surface area (Å²) in [5, 5.41) is 0. The van der Waals surface area contributed by atoms with Gasteiger partial charge in [0.25, 0.3) is 0 Å². The molecule has 7 atom stereocenters. The lowest BCUT2D eigenvalue weighted by Gasteiger charge is -2.57. The molecule has 146 valence electrons. The smallest absolute Gasteiger partial charge is 0.159 e. The Morgan fingerprint density at radius 1 is 0.885 bits per heavy atom. The Morgan fingerprint density at radius 3 is 2.23 bits per heavy atom. The second kappa shape index (κ2) is 6.78. The Balaban J connectivity index is 0.000000373. The fraction of sp³-hybridized carbons (Fsp3) is 0.880. The molecule has 0 bridgehead atoms. The minimum absolute atomic E-state index is 0.332. The van der Waals surface area contributed by atoms with Gasteiger partial charge in [-0.3, -0.25) is 4.79 Å². The summed E-state index contributed by atoms with van der Waals surface area (Å²) >= 11 is 0. The largest absolute Gasteiger partial charge is 0.295 e. The van der Waals surface area contributed by atoms with Gasteiger partial charge < -0.3 is 0 Å². The Morgan fingerprint density at radius 2 is 1.58 bits per heavy atom. The SMILES string of the molecule is C1CCC1.CC1CCC2(C)C(=CC(=O)C3C2CCC2(C)C(C)CCC32)C1. The van der Waals surface area contributed by atoms with E-state index in [2.05, 4.69) is 33.8 Å². The summed E-state index contributed by atoms with van der Waals surface area (Å²) in [5.74, 6) is 3.70. The lowest BCUT2D eigenvalue weighted by atomic mass is 9.47. The first kappa shape index (κ1) is 18.8. The van der Waals surface area contributed by atoms with Crippen molar-refractivity contribution in [2.75, 3.05) is 0 Å². The van der Waals surface area contributed by atoms with Crippen LogP contribution in [-0.4, -0.2) is 5.78 Å². The molecule has 7 unspecified atom stereocenters. The van der Waals surface area contributed by atoms with Gasteiger partial charge in [-0.25, -0.2) is 0 Å². The van der Waals surface area contributed by atoms with Crippen molar-refractivity contribution in [2.24, 2.45) is 40.4 Å². The summed E-state index contributed by atoms with van der Waals surface area (Å²) in [4.78, 5) is 13.0. The van der Waals surface area contributed by atoms with Crippen LogP contribution in [-0.2, 0) is 4.79 Å². The fourth-order valence-electron chi connectivity index (χ4n) is 7.10. The zero-order valence-electron chi connectivity index (χ0n) is 17.7. The Bertz CT molecular complexity index is 581. The first-order valence-corrected chi connectivity index (χ1v) is 11.6. The molecular weight excluding hydrogens is 316 g/mol. The second-order valence-electron chi connectivity index (χ2n) is 11.0. The van der Waals surface area contributed by atoms with Crippen molar-refractivity contribution in [1.82, 2.24) is 0 Å². The molecule has 0 spiro atoms. The fourth-order valence-corrected chi connectivity index (χ4v) is 7.10. The van der Waals surface area contributed by atoms with Crippen molar-refractivity contribution in [2.45, 2.75) is 98.3 Å². The van der Waals surface area contributed by atoms with E-state index in [0.29, 0.717) is 34.4 Å². The van der Waals surface area contributed by atoms with Gasteiger partial charge in [0.15, 0.2) is 5.78 Å². The maximum absolute atomic E-state index is 13.0. The molecule has 26 heavy (non-hydrogen) atoms. The van der Waals surface area contributed by atoms with Gasteiger partial charge in [0.1, 0.15) is 0 Å². The first-order chi connectivity index (χ1) is 12.4. The van der Waals surface area contributed by atoms with Crippen LogP contribution in [0.2, 0.25) is 0 Å². The third kappa shape index (κ3) is 2.83. The molecule has 0 saturated heterocycles. The number of hydrogen-bond acceptors (Lipinski definition) is 1. The van der Waals surface area contributed by atoms with E-state index in [1.54, 1.807) is 0 Å². The van der Waals surface area contributed by atoms with Gasteiger partial charge in [-0.15, -0.1) is 0 Å². The number of allylic oxidation sites excluding steroid dienone is 2. The van der Waals surface area contributed by atoms with E-state index in [9.17, 15) is 4.79 Å². The Labute approximate surface area is 161 Å². The zero-order chi connectivity index (χ0) is 18.5. The highest BCUT2D eigenvalue weighted by molar-refractivity contribution is 5.94. The summed E-state index contributed by atoms with van der Waals surface area (Å²) in [7, 11) is 0. The van der Waals surface area contributed by atoms with Crippen LogP contribution in [0.5, 0.6) is 0 Å². The molecule has 1 heteroatoms. The van der Waals surface area contributed by atoms with Crippen molar-refractivity contribution in [3.63, 3.8) is 0 Å². The van der Waals surface area contributed by atoms with Crippen molar-refractivity contribution in [3.05, 3.63) is 11.6 Å². The number of fused-ring (bicyclic) bond motifs is 5. The van der Waals surface area contributed by atoms with Crippen LogP contribution in [0.3, 0.4) is 0 Å². The normalized spacial score (nSPS) is 49.6. The average molecular weight is 357 g/mol. The Hall–Kier alpha value is -0.590. The number of rotatable bonds is 0. The lowest BCUT2D eigenvalue weighted by Crippen LogP contribution is -2.52. The van der Waals surface area contributed by atoms with Crippen molar-refractivity contribution in [1.29, 1.82) is 0 Å². The van der Waals surface area contributed by atoms with Gasteiger partial charge in [-0.1, -0.05) is 59.0 Å². The molecule has 4 saturated carbocycles. The van der Waals surface area contributed by atoms with E-state index in [1.807, 2.05) is 0 Å². The van der Waals surface area contributed by atoms with E-state index in [1.165, 1.54) is 76.2 Å². The summed E-state index contributed by atoms with van der Waals surface area (Å²) < 4.78 is 0. The molecule has 0 amide bonds. The number of carbonyl (C=O) groups is 1. The van der Waals surface area contributed by atoms with Crippen LogP contribution in [0.4, 0.5) is 0 Å². The first-order valence-electron chi connectivity index (χ1n) is 11.6. The third-order valence-corrected chi connectivity index (χ3v) is 9.67. The average Bonchev–Trinajstić information content (AvgIpc) is 2.83. The molecule has 0 radical (unpaired) electrons. The van der Waals surface area contributed by atoms with E-state index in [-0.39, 0.29) is 0 Å². The molecular formula is C25H40O. The van der Waals surface area contributed by atoms with E-state index < -0.39 is 0 Å². The molecule has 0 aliphatic heterocycles. The van der Waals surface area contributed by atoms with Crippen LogP contribution in [0.1, 0.15) is 98.3 Å². The van der Waals surface area contributed by atoms with Crippen LogP contribution >= 0.6 is 0 Å². The molecule has 0 aromatic rings. The van der Waals surface area contributed by atoms with Gasteiger partial charge in [-0.2, -0.15) is 0 Å². The van der Waals surface area contributed by atoms with E-state index >= 15 is 0 Å². The van der Waals surface area contributed by atoms with Crippen LogP contribution < -0.4 is 0 Å². The lowest BCUT2D eigenvalue weighted by molar-refractivity contribution is -0.133.